The number of benzene rings is 2. The maximum absolute atomic E-state index is 12.2. The zero-order valence-electron chi connectivity index (χ0n) is 14.3. The first-order valence-electron chi connectivity index (χ1n) is 8.19. The molecule has 27 heavy (non-hydrogen) atoms. The van der Waals surface area contributed by atoms with Crippen LogP contribution < -0.4 is 5.32 Å². The van der Waals surface area contributed by atoms with Crippen LogP contribution >= 0.6 is 27.7 Å². The van der Waals surface area contributed by atoms with Gasteiger partial charge >= 0.3 is 0 Å². The number of rotatable bonds is 5. The summed E-state index contributed by atoms with van der Waals surface area (Å²) in [4.78, 5) is 15.3. The van der Waals surface area contributed by atoms with Crippen molar-refractivity contribution in [2.75, 3.05) is 11.1 Å². The van der Waals surface area contributed by atoms with Gasteiger partial charge in [0.05, 0.1) is 11.3 Å². The van der Waals surface area contributed by atoms with E-state index in [1.165, 1.54) is 11.8 Å². The number of amides is 1. The van der Waals surface area contributed by atoms with Crippen LogP contribution in [0.25, 0.3) is 22.4 Å². The number of aromatic amines is 1. The SMILES string of the molecule is Cc1cc(NC(=O)CSc2nnc(-c3c[nH]c4ccccc34)o2)ccc1Br. The number of halogens is 1. The minimum absolute atomic E-state index is 0.131. The lowest BCUT2D eigenvalue weighted by Crippen LogP contribution is -2.14. The molecule has 0 radical (unpaired) electrons. The van der Waals surface area contributed by atoms with Crippen molar-refractivity contribution >= 4 is 50.2 Å². The second kappa shape index (κ2) is 7.58. The third-order valence-electron chi connectivity index (χ3n) is 3.99. The molecule has 0 spiro atoms. The molecular formula is C19H15BrN4O2S. The molecule has 4 rings (SSSR count). The Labute approximate surface area is 167 Å². The molecule has 0 unspecified atom stereocenters. The topological polar surface area (TPSA) is 83.8 Å². The molecule has 4 aromatic rings. The monoisotopic (exact) mass is 442 g/mol. The van der Waals surface area contributed by atoms with Crippen LogP contribution in [0.1, 0.15) is 5.56 Å². The Morgan fingerprint density at radius 1 is 1.26 bits per heavy atom. The van der Waals surface area contributed by atoms with Gasteiger partial charge in [-0.15, -0.1) is 10.2 Å². The molecule has 0 fully saturated rings. The maximum atomic E-state index is 12.2. The summed E-state index contributed by atoms with van der Waals surface area (Å²) < 4.78 is 6.71. The number of hydrogen-bond acceptors (Lipinski definition) is 5. The molecule has 1 amide bonds. The highest BCUT2D eigenvalue weighted by atomic mass is 79.9. The summed E-state index contributed by atoms with van der Waals surface area (Å²) >= 11 is 4.65. The van der Waals surface area contributed by atoms with Crippen molar-refractivity contribution in [1.82, 2.24) is 15.2 Å². The smallest absolute Gasteiger partial charge is 0.277 e. The minimum Gasteiger partial charge on any atom is -0.411 e. The fourth-order valence-electron chi connectivity index (χ4n) is 2.67. The van der Waals surface area contributed by atoms with E-state index in [4.69, 9.17) is 4.42 Å². The van der Waals surface area contributed by atoms with Crippen LogP contribution in [0, 0.1) is 6.92 Å². The van der Waals surface area contributed by atoms with Gasteiger partial charge in [0.25, 0.3) is 11.1 Å². The molecule has 0 bridgehead atoms. The zero-order valence-corrected chi connectivity index (χ0v) is 16.7. The number of aryl methyl sites for hydroxylation is 1. The van der Waals surface area contributed by atoms with Crippen LogP contribution in [0.4, 0.5) is 5.69 Å². The Morgan fingerprint density at radius 3 is 2.96 bits per heavy atom. The van der Waals surface area contributed by atoms with E-state index >= 15 is 0 Å². The molecule has 136 valence electrons. The Hall–Kier alpha value is -2.58. The molecule has 0 atom stereocenters. The largest absolute Gasteiger partial charge is 0.411 e. The Balaban J connectivity index is 1.41. The predicted molar refractivity (Wildman–Crippen MR) is 110 cm³/mol. The van der Waals surface area contributed by atoms with Crippen molar-refractivity contribution in [2.24, 2.45) is 0 Å². The second-order valence-corrected chi connectivity index (χ2v) is 7.70. The van der Waals surface area contributed by atoms with E-state index in [2.05, 4.69) is 36.4 Å². The lowest BCUT2D eigenvalue weighted by Gasteiger charge is -2.06. The van der Waals surface area contributed by atoms with Crippen LogP contribution in [-0.4, -0.2) is 26.8 Å². The lowest BCUT2D eigenvalue weighted by atomic mass is 10.2. The van der Waals surface area contributed by atoms with Gasteiger partial charge in [-0.3, -0.25) is 4.79 Å². The number of fused-ring (bicyclic) bond motifs is 1. The number of hydrogen-bond donors (Lipinski definition) is 2. The number of nitrogens with zero attached hydrogens (tertiary/aromatic N) is 2. The number of para-hydroxylation sites is 1. The van der Waals surface area contributed by atoms with Gasteiger partial charge in [-0.05, 0) is 36.8 Å². The molecule has 2 aromatic carbocycles. The lowest BCUT2D eigenvalue weighted by molar-refractivity contribution is -0.113. The average Bonchev–Trinajstić information content (AvgIpc) is 3.29. The number of thioether (sulfide) groups is 1. The summed E-state index contributed by atoms with van der Waals surface area (Å²) in [5, 5.41) is 12.4. The molecule has 0 saturated carbocycles. The fraction of sp³-hybridized carbons (Fsp3) is 0.105. The van der Waals surface area contributed by atoms with Crippen molar-refractivity contribution in [3.63, 3.8) is 0 Å². The number of H-pyrrole nitrogens is 1. The van der Waals surface area contributed by atoms with Gasteiger partial charge < -0.3 is 14.7 Å². The van der Waals surface area contributed by atoms with Gasteiger partial charge in [-0.2, -0.15) is 0 Å². The molecule has 2 aromatic heterocycles. The summed E-state index contributed by atoms with van der Waals surface area (Å²) in [6.07, 6.45) is 1.84. The van der Waals surface area contributed by atoms with E-state index in [0.29, 0.717) is 11.1 Å². The molecule has 6 nitrogen and oxygen atoms in total. The third-order valence-corrected chi connectivity index (χ3v) is 5.70. The number of nitrogens with one attached hydrogen (secondary N) is 2. The normalized spacial score (nSPS) is 11.0. The fourth-order valence-corrected chi connectivity index (χ4v) is 3.48. The summed E-state index contributed by atoms with van der Waals surface area (Å²) in [7, 11) is 0. The first kappa shape index (κ1) is 17.8. The molecule has 8 heteroatoms. The van der Waals surface area contributed by atoms with E-state index in [-0.39, 0.29) is 11.7 Å². The summed E-state index contributed by atoms with van der Waals surface area (Å²) in [6, 6.07) is 13.6. The van der Waals surface area contributed by atoms with Crippen LogP contribution in [0.3, 0.4) is 0 Å². The highest BCUT2D eigenvalue weighted by Gasteiger charge is 2.14. The molecule has 0 aliphatic heterocycles. The van der Waals surface area contributed by atoms with Gasteiger partial charge in [0, 0.05) is 27.3 Å². The average molecular weight is 443 g/mol. The second-order valence-electron chi connectivity index (χ2n) is 5.92. The molecule has 2 heterocycles. The first-order valence-corrected chi connectivity index (χ1v) is 9.97. The molecular weight excluding hydrogens is 428 g/mol. The number of anilines is 1. The Bertz CT molecular complexity index is 1120. The zero-order chi connectivity index (χ0) is 18.8. The Kier molecular flexibility index (Phi) is 5.00. The number of carbonyl (C=O) groups excluding carboxylic acids is 1. The quantitative estimate of drug-likeness (QED) is 0.423. The van der Waals surface area contributed by atoms with Crippen molar-refractivity contribution in [3.05, 3.63) is 58.7 Å². The van der Waals surface area contributed by atoms with Crippen molar-refractivity contribution in [2.45, 2.75) is 12.1 Å². The van der Waals surface area contributed by atoms with E-state index in [1.807, 2.05) is 55.6 Å². The van der Waals surface area contributed by atoms with Crippen LogP contribution in [0.5, 0.6) is 0 Å². The van der Waals surface area contributed by atoms with Gasteiger partial charge in [-0.25, -0.2) is 0 Å². The summed E-state index contributed by atoms with van der Waals surface area (Å²) in [6.45, 7) is 1.97. The van der Waals surface area contributed by atoms with Crippen LogP contribution in [-0.2, 0) is 4.79 Å². The molecule has 0 saturated heterocycles. The van der Waals surface area contributed by atoms with E-state index in [0.717, 1.165) is 32.2 Å². The predicted octanol–water partition coefficient (Wildman–Crippen LogP) is 5.02. The van der Waals surface area contributed by atoms with Crippen molar-refractivity contribution in [1.29, 1.82) is 0 Å². The van der Waals surface area contributed by atoms with Gasteiger partial charge in [0.2, 0.25) is 5.91 Å². The van der Waals surface area contributed by atoms with Gasteiger partial charge in [-0.1, -0.05) is 45.9 Å². The number of carbonyl (C=O) groups is 1. The summed E-state index contributed by atoms with van der Waals surface area (Å²) in [5.74, 6) is 0.484. The third kappa shape index (κ3) is 3.91. The molecule has 0 aliphatic carbocycles. The minimum atomic E-state index is -0.131. The molecule has 2 N–H and O–H groups in total. The van der Waals surface area contributed by atoms with E-state index in [1.54, 1.807) is 0 Å². The van der Waals surface area contributed by atoms with E-state index in [9.17, 15) is 4.79 Å². The molecule has 0 aliphatic rings. The highest BCUT2D eigenvalue weighted by Crippen LogP contribution is 2.29. The van der Waals surface area contributed by atoms with Crippen LogP contribution in [0.15, 0.2) is 62.8 Å². The van der Waals surface area contributed by atoms with Crippen LogP contribution in [0.2, 0.25) is 0 Å². The standard InChI is InChI=1S/C19H15BrN4O2S/c1-11-8-12(6-7-15(11)20)22-17(25)10-27-19-24-23-18(26-19)14-9-21-16-5-3-2-4-13(14)16/h2-9,21H,10H2,1H3,(H,22,25). The van der Waals surface area contributed by atoms with Crippen molar-refractivity contribution in [3.8, 4) is 11.5 Å². The van der Waals surface area contributed by atoms with Gasteiger partial charge in [0.15, 0.2) is 0 Å². The highest BCUT2D eigenvalue weighted by molar-refractivity contribution is 9.10. The first-order chi connectivity index (χ1) is 13.1. The van der Waals surface area contributed by atoms with Gasteiger partial charge in [0.1, 0.15) is 0 Å². The maximum Gasteiger partial charge on any atom is 0.277 e. The Morgan fingerprint density at radius 2 is 2.11 bits per heavy atom. The van der Waals surface area contributed by atoms with E-state index < -0.39 is 0 Å². The summed E-state index contributed by atoms with van der Waals surface area (Å²) in [5.41, 5.74) is 3.66. The number of aromatic nitrogens is 3. The van der Waals surface area contributed by atoms with Crippen molar-refractivity contribution < 1.29 is 9.21 Å².